The van der Waals surface area contributed by atoms with Crippen molar-refractivity contribution in [3.63, 3.8) is 0 Å². The third-order valence-electron chi connectivity index (χ3n) is 2.87. The number of benzene rings is 1. The fraction of sp³-hybridized carbons (Fsp3) is 0.462. The second-order valence-electron chi connectivity index (χ2n) is 4.04. The van der Waals surface area contributed by atoms with Crippen LogP contribution >= 0.6 is 0 Å². The van der Waals surface area contributed by atoms with Gasteiger partial charge in [0.2, 0.25) is 6.54 Å². The van der Waals surface area contributed by atoms with Crippen LogP contribution in [-0.4, -0.2) is 11.5 Å². The van der Waals surface area contributed by atoms with Gasteiger partial charge in [-0.15, -0.1) is 0 Å². The fourth-order valence-corrected chi connectivity index (χ4v) is 1.92. The maximum Gasteiger partial charge on any atom is 0.207 e. The van der Waals surface area contributed by atoms with Gasteiger partial charge in [0.25, 0.3) is 0 Å². The Hall–Kier alpha value is -1.89. The molecule has 0 saturated carbocycles. The van der Waals surface area contributed by atoms with Crippen molar-refractivity contribution in [3.05, 3.63) is 44.5 Å². The molecule has 0 spiro atoms. The highest BCUT2D eigenvalue weighted by Gasteiger charge is 2.08. The van der Waals surface area contributed by atoms with E-state index in [1.807, 2.05) is 26.0 Å². The van der Waals surface area contributed by atoms with Crippen LogP contribution in [0, 0.1) is 28.4 Å². The first-order chi connectivity index (χ1) is 8.08. The smallest absolute Gasteiger partial charge is 0.207 e. The van der Waals surface area contributed by atoms with Crippen molar-refractivity contribution in [1.29, 1.82) is 5.26 Å². The first-order valence-corrected chi connectivity index (χ1v) is 5.68. The molecule has 0 aliphatic rings. The molecule has 0 heterocycles. The van der Waals surface area contributed by atoms with Crippen LogP contribution in [0.4, 0.5) is 0 Å². The molecule has 0 aliphatic carbocycles. The van der Waals surface area contributed by atoms with Crippen LogP contribution in [0.15, 0.2) is 12.1 Å². The lowest BCUT2D eigenvalue weighted by Crippen LogP contribution is -2.06. The molecule has 4 nitrogen and oxygen atoms in total. The highest BCUT2D eigenvalue weighted by Crippen LogP contribution is 2.18. The zero-order chi connectivity index (χ0) is 12.8. The van der Waals surface area contributed by atoms with Gasteiger partial charge in [-0.1, -0.05) is 19.1 Å². The summed E-state index contributed by atoms with van der Waals surface area (Å²) in [5.41, 5.74) is 4.21. The number of hydrogen-bond acceptors (Lipinski definition) is 3. The van der Waals surface area contributed by atoms with E-state index in [1.54, 1.807) is 0 Å². The Morgan fingerprint density at radius 2 is 2.06 bits per heavy atom. The number of nitrogens with zero attached hydrogens (tertiary/aromatic N) is 2. The van der Waals surface area contributed by atoms with E-state index < -0.39 is 0 Å². The van der Waals surface area contributed by atoms with E-state index in [0.29, 0.717) is 12.8 Å². The molecule has 0 bridgehead atoms. The topological polar surface area (TPSA) is 66.9 Å². The van der Waals surface area contributed by atoms with E-state index >= 15 is 0 Å². The highest BCUT2D eigenvalue weighted by molar-refractivity contribution is 5.39. The molecule has 0 aromatic heterocycles. The molecule has 0 atom stereocenters. The van der Waals surface area contributed by atoms with Gasteiger partial charge in [0.05, 0.1) is 12.5 Å². The fourth-order valence-electron chi connectivity index (χ4n) is 1.92. The molecule has 17 heavy (non-hydrogen) atoms. The predicted octanol–water partition coefficient (Wildman–Crippen LogP) is 2.44. The molecule has 0 saturated heterocycles. The molecule has 1 rings (SSSR count). The van der Waals surface area contributed by atoms with Crippen LogP contribution in [0.1, 0.15) is 29.2 Å². The molecule has 1 aromatic rings. The quantitative estimate of drug-likeness (QED) is 0.578. The molecule has 0 amide bonds. The van der Waals surface area contributed by atoms with E-state index in [9.17, 15) is 10.1 Å². The van der Waals surface area contributed by atoms with Crippen LogP contribution in [0.2, 0.25) is 0 Å². The van der Waals surface area contributed by atoms with E-state index in [1.165, 1.54) is 0 Å². The summed E-state index contributed by atoms with van der Waals surface area (Å²) in [5.74, 6) is 0. The largest absolute Gasteiger partial charge is 0.265 e. The van der Waals surface area contributed by atoms with Gasteiger partial charge >= 0.3 is 0 Å². The first-order valence-electron chi connectivity index (χ1n) is 5.68. The summed E-state index contributed by atoms with van der Waals surface area (Å²) in [6.45, 7) is 3.93. The summed E-state index contributed by atoms with van der Waals surface area (Å²) in [6.07, 6.45) is 1.71. The molecular weight excluding hydrogens is 216 g/mol. The Morgan fingerprint density at radius 1 is 1.35 bits per heavy atom. The van der Waals surface area contributed by atoms with Crippen LogP contribution < -0.4 is 0 Å². The minimum Gasteiger partial charge on any atom is -0.265 e. The monoisotopic (exact) mass is 232 g/mol. The average molecular weight is 232 g/mol. The van der Waals surface area contributed by atoms with Gasteiger partial charge in [0.15, 0.2) is 0 Å². The van der Waals surface area contributed by atoms with Crippen molar-refractivity contribution in [1.82, 2.24) is 0 Å². The molecule has 90 valence electrons. The van der Waals surface area contributed by atoms with Crippen LogP contribution in [0.25, 0.3) is 0 Å². The molecule has 1 aromatic carbocycles. The summed E-state index contributed by atoms with van der Waals surface area (Å²) >= 11 is 0. The number of nitro groups is 1. The Bertz CT molecular complexity index is 461. The van der Waals surface area contributed by atoms with Crippen LogP contribution in [0.3, 0.4) is 0 Å². The number of aryl methyl sites for hydroxylation is 2. The Morgan fingerprint density at radius 3 is 2.59 bits per heavy atom. The number of hydrogen-bond donors (Lipinski definition) is 0. The second-order valence-corrected chi connectivity index (χ2v) is 4.04. The number of nitriles is 1. The van der Waals surface area contributed by atoms with Crippen molar-refractivity contribution < 1.29 is 4.92 Å². The molecule has 0 unspecified atom stereocenters. The van der Waals surface area contributed by atoms with Gasteiger partial charge in [-0.25, -0.2) is 0 Å². The SMILES string of the molecule is CCc1cc(CC[N+](=O)[O-])c(C)cc1CC#N. The molecular formula is C13H16N2O2. The maximum absolute atomic E-state index is 10.4. The maximum atomic E-state index is 10.4. The molecule has 0 aliphatic heterocycles. The summed E-state index contributed by atoms with van der Waals surface area (Å²) in [6, 6.07) is 6.14. The molecule has 4 heteroatoms. The zero-order valence-electron chi connectivity index (χ0n) is 10.2. The molecule has 0 radical (unpaired) electrons. The minimum absolute atomic E-state index is 0.0401. The van der Waals surface area contributed by atoms with E-state index in [2.05, 4.69) is 6.07 Å². The summed E-state index contributed by atoms with van der Waals surface area (Å²) in [7, 11) is 0. The van der Waals surface area contributed by atoms with Crippen molar-refractivity contribution in [2.75, 3.05) is 6.54 Å². The molecule has 0 N–H and O–H groups in total. The van der Waals surface area contributed by atoms with Crippen molar-refractivity contribution in [2.45, 2.75) is 33.1 Å². The third-order valence-corrected chi connectivity index (χ3v) is 2.87. The van der Waals surface area contributed by atoms with Gasteiger partial charge in [-0.3, -0.25) is 10.1 Å². The van der Waals surface area contributed by atoms with Crippen LogP contribution in [-0.2, 0) is 19.3 Å². The Balaban J connectivity index is 3.00. The second kappa shape index (κ2) is 6.00. The standard InChI is InChI=1S/C13H16N2O2/c1-3-11-9-12(5-7-15(16)17)10(2)8-13(11)4-6-14/h8-9H,3-5,7H2,1-2H3. The van der Waals surface area contributed by atoms with Crippen molar-refractivity contribution in [3.8, 4) is 6.07 Å². The first kappa shape index (κ1) is 13.2. The lowest BCUT2D eigenvalue weighted by Gasteiger charge is -2.10. The lowest BCUT2D eigenvalue weighted by atomic mass is 9.94. The highest BCUT2D eigenvalue weighted by atomic mass is 16.6. The summed E-state index contributed by atoms with van der Waals surface area (Å²) in [5, 5.41) is 19.1. The van der Waals surface area contributed by atoms with Gasteiger partial charge in [0.1, 0.15) is 0 Å². The van der Waals surface area contributed by atoms with Gasteiger partial charge in [-0.05, 0) is 35.6 Å². The van der Waals surface area contributed by atoms with E-state index in [4.69, 9.17) is 5.26 Å². The Labute approximate surface area is 101 Å². The normalized spacial score (nSPS) is 9.94. The van der Waals surface area contributed by atoms with Gasteiger partial charge in [-0.2, -0.15) is 5.26 Å². The van der Waals surface area contributed by atoms with Gasteiger partial charge in [0, 0.05) is 11.3 Å². The van der Waals surface area contributed by atoms with Crippen molar-refractivity contribution >= 4 is 0 Å². The predicted molar refractivity (Wildman–Crippen MR) is 65.4 cm³/mol. The summed E-state index contributed by atoms with van der Waals surface area (Å²) in [4.78, 5) is 10.1. The van der Waals surface area contributed by atoms with E-state index in [-0.39, 0.29) is 11.5 Å². The van der Waals surface area contributed by atoms with Crippen molar-refractivity contribution in [2.24, 2.45) is 0 Å². The third kappa shape index (κ3) is 3.56. The average Bonchev–Trinajstić information content (AvgIpc) is 2.28. The van der Waals surface area contributed by atoms with E-state index in [0.717, 1.165) is 28.7 Å². The Kier molecular flexibility index (Phi) is 4.65. The minimum atomic E-state index is -0.297. The van der Waals surface area contributed by atoms with Gasteiger partial charge < -0.3 is 0 Å². The molecule has 0 fully saturated rings. The zero-order valence-corrected chi connectivity index (χ0v) is 10.2. The van der Waals surface area contributed by atoms with Crippen LogP contribution in [0.5, 0.6) is 0 Å². The lowest BCUT2D eigenvalue weighted by molar-refractivity contribution is -0.479. The number of rotatable bonds is 5. The summed E-state index contributed by atoms with van der Waals surface area (Å²) < 4.78 is 0.